The maximum atomic E-state index is 12.7. The van der Waals surface area contributed by atoms with Gasteiger partial charge in [0.15, 0.2) is 5.17 Å². The van der Waals surface area contributed by atoms with Crippen LogP contribution in [0.25, 0.3) is 23.0 Å². The fourth-order valence-corrected chi connectivity index (χ4v) is 4.77. The van der Waals surface area contributed by atoms with Gasteiger partial charge in [0.1, 0.15) is 5.69 Å². The number of carbonyl (C=O) groups excluding carboxylic acids is 1. The maximum Gasteiger partial charge on any atom is 0.286 e. The van der Waals surface area contributed by atoms with Crippen LogP contribution in [0.5, 0.6) is 0 Å². The van der Waals surface area contributed by atoms with Crippen molar-refractivity contribution in [1.82, 2.24) is 19.7 Å². The Bertz CT molecular complexity index is 1150. The van der Waals surface area contributed by atoms with Gasteiger partial charge in [-0.2, -0.15) is 10.1 Å². The van der Waals surface area contributed by atoms with E-state index < -0.39 is 0 Å². The van der Waals surface area contributed by atoms with E-state index >= 15 is 0 Å². The molecule has 1 aromatic carbocycles. The summed E-state index contributed by atoms with van der Waals surface area (Å²) in [6.45, 7) is 4.20. The Morgan fingerprint density at radius 2 is 1.81 bits per heavy atom. The Balaban J connectivity index is 1.48. The van der Waals surface area contributed by atoms with E-state index in [0.717, 1.165) is 59.5 Å². The average molecular weight is 430 g/mol. The molecule has 4 heterocycles. The van der Waals surface area contributed by atoms with Gasteiger partial charge in [0, 0.05) is 42.8 Å². The summed E-state index contributed by atoms with van der Waals surface area (Å²) in [5, 5.41) is 5.63. The molecule has 0 aliphatic carbocycles. The first-order valence-electron chi connectivity index (χ1n) is 10.5. The second kappa shape index (κ2) is 8.51. The van der Waals surface area contributed by atoms with E-state index in [1.165, 1.54) is 11.8 Å². The lowest BCUT2D eigenvalue weighted by atomic mass is 10.00. The van der Waals surface area contributed by atoms with Crippen molar-refractivity contribution in [2.45, 2.75) is 19.8 Å². The van der Waals surface area contributed by atoms with E-state index in [9.17, 15) is 4.79 Å². The van der Waals surface area contributed by atoms with Crippen LogP contribution in [0.4, 0.5) is 0 Å². The summed E-state index contributed by atoms with van der Waals surface area (Å²) in [7, 11) is 0. The first kappa shape index (κ1) is 19.8. The van der Waals surface area contributed by atoms with E-state index in [1.54, 1.807) is 12.4 Å². The number of carbonyl (C=O) groups is 1. The van der Waals surface area contributed by atoms with Crippen molar-refractivity contribution in [1.29, 1.82) is 0 Å². The summed E-state index contributed by atoms with van der Waals surface area (Å²) in [4.78, 5) is 24.0. The van der Waals surface area contributed by atoms with Crippen molar-refractivity contribution in [3.63, 3.8) is 0 Å². The summed E-state index contributed by atoms with van der Waals surface area (Å²) in [5.41, 5.74) is 3.62. The summed E-state index contributed by atoms with van der Waals surface area (Å²) < 4.78 is 1.85. The molecule has 0 atom stereocenters. The molecule has 156 valence electrons. The fourth-order valence-electron chi connectivity index (χ4n) is 3.81. The lowest BCUT2D eigenvalue weighted by Crippen LogP contribution is -2.35. The van der Waals surface area contributed by atoms with Crippen LogP contribution in [0, 0.1) is 5.92 Å². The lowest BCUT2D eigenvalue weighted by molar-refractivity contribution is -0.113. The highest BCUT2D eigenvalue weighted by molar-refractivity contribution is 8.18. The van der Waals surface area contributed by atoms with Gasteiger partial charge in [-0.05, 0) is 60.9 Å². The van der Waals surface area contributed by atoms with E-state index in [1.807, 2.05) is 59.4 Å². The summed E-state index contributed by atoms with van der Waals surface area (Å²) in [5.74, 6) is 0.562. The minimum atomic E-state index is -0.174. The van der Waals surface area contributed by atoms with Crippen molar-refractivity contribution in [3.8, 4) is 16.9 Å². The quantitative estimate of drug-likeness (QED) is 0.568. The first-order valence-corrected chi connectivity index (χ1v) is 11.3. The molecule has 0 N–H and O–H groups in total. The Morgan fingerprint density at radius 3 is 2.55 bits per heavy atom. The van der Waals surface area contributed by atoms with Gasteiger partial charge in [-0.15, -0.1) is 0 Å². The highest BCUT2D eigenvalue weighted by atomic mass is 32.2. The number of amidine groups is 1. The van der Waals surface area contributed by atoms with Crippen LogP contribution >= 0.6 is 11.8 Å². The van der Waals surface area contributed by atoms with Crippen molar-refractivity contribution >= 4 is 28.9 Å². The number of likely N-dealkylation sites (tertiary alicyclic amines) is 1. The molecular formula is C24H23N5OS. The highest BCUT2D eigenvalue weighted by Crippen LogP contribution is 2.34. The number of rotatable bonds is 3. The molecule has 1 saturated heterocycles. The van der Waals surface area contributed by atoms with E-state index in [4.69, 9.17) is 5.10 Å². The van der Waals surface area contributed by atoms with Gasteiger partial charge >= 0.3 is 0 Å². The van der Waals surface area contributed by atoms with Gasteiger partial charge in [-0.25, -0.2) is 4.68 Å². The van der Waals surface area contributed by atoms with E-state index in [0.29, 0.717) is 4.91 Å². The van der Waals surface area contributed by atoms with Gasteiger partial charge in [0.25, 0.3) is 5.91 Å². The average Bonchev–Trinajstić information content (AvgIpc) is 3.40. The Labute approximate surface area is 185 Å². The lowest BCUT2D eigenvalue weighted by Gasteiger charge is -2.30. The zero-order valence-electron chi connectivity index (χ0n) is 17.3. The number of piperidine rings is 1. The van der Waals surface area contributed by atoms with Gasteiger partial charge < -0.3 is 4.90 Å². The number of para-hydroxylation sites is 1. The van der Waals surface area contributed by atoms with Gasteiger partial charge in [-0.1, -0.05) is 25.1 Å². The number of hydrogen-bond donors (Lipinski definition) is 0. The van der Waals surface area contributed by atoms with Gasteiger partial charge in [0.2, 0.25) is 0 Å². The number of thioether (sulfide) groups is 1. The largest absolute Gasteiger partial charge is 0.351 e. The van der Waals surface area contributed by atoms with E-state index in [2.05, 4.69) is 21.8 Å². The second-order valence-corrected chi connectivity index (χ2v) is 8.94. The number of aromatic nitrogens is 3. The number of nitrogens with zero attached hydrogens (tertiary/aromatic N) is 5. The second-order valence-electron chi connectivity index (χ2n) is 7.93. The molecule has 5 rings (SSSR count). The van der Waals surface area contributed by atoms with Gasteiger partial charge in [-0.3, -0.25) is 9.78 Å². The van der Waals surface area contributed by atoms with Crippen molar-refractivity contribution in [3.05, 3.63) is 71.5 Å². The van der Waals surface area contributed by atoms with Crippen LogP contribution in [0.1, 0.15) is 25.3 Å². The Kier molecular flexibility index (Phi) is 5.42. The highest BCUT2D eigenvalue weighted by Gasteiger charge is 2.28. The smallest absolute Gasteiger partial charge is 0.286 e. The summed E-state index contributed by atoms with van der Waals surface area (Å²) in [6.07, 6.45) is 9.67. The van der Waals surface area contributed by atoms with Crippen LogP contribution < -0.4 is 0 Å². The normalized spacial score (nSPS) is 18.6. The maximum absolute atomic E-state index is 12.7. The number of hydrogen-bond acceptors (Lipinski definition) is 5. The van der Waals surface area contributed by atoms with Crippen molar-refractivity contribution < 1.29 is 4.79 Å². The monoisotopic (exact) mass is 429 g/mol. The fraction of sp³-hybridized carbons (Fsp3) is 0.250. The molecule has 2 aliphatic rings. The molecule has 0 saturated carbocycles. The molecule has 31 heavy (non-hydrogen) atoms. The third-order valence-corrected chi connectivity index (χ3v) is 6.71. The molecular weight excluding hydrogens is 406 g/mol. The standard InChI is InChI=1S/C24H23N5OS/c1-17-9-13-28(14-10-17)24-26-23(30)21(31-24)15-19-16-29(20-5-3-2-4-6-20)27-22(19)18-7-11-25-12-8-18/h2-8,11-12,15-17H,9-10,13-14H2,1H3/b21-15-. The molecule has 0 radical (unpaired) electrons. The topological polar surface area (TPSA) is 63.4 Å². The molecule has 1 amide bonds. The minimum Gasteiger partial charge on any atom is -0.351 e. The number of aliphatic imine (C=N–C) groups is 1. The minimum absolute atomic E-state index is 0.174. The van der Waals surface area contributed by atoms with Crippen molar-refractivity contribution in [2.75, 3.05) is 13.1 Å². The number of benzene rings is 1. The first-order chi connectivity index (χ1) is 15.2. The number of amides is 1. The third-order valence-electron chi connectivity index (χ3n) is 5.67. The predicted molar refractivity (Wildman–Crippen MR) is 125 cm³/mol. The van der Waals surface area contributed by atoms with Crippen LogP contribution in [0.15, 0.2) is 71.0 Å². The van der Waals surface area contributed by atoms with E-state index in [-0.39, 0.29) is 5.91 Å². The Hall–Kier alpha value is -3.19. The molecule has 7 heteroatoms. The Morgan fingerprint density at radius 1 is 1.06 bits per heavy atom. The molecule has 0 unspecified atom stereocenters. The predicted octanol–water partition coefficient (Wildman–Crippen LogP) is 4.64. The molecule has 0 bridgehead atoms. The summed E-state index contributed by atoms with van der Waals surface area (Å²) >= 11 is 1.47. The molecule has 2 aromatic heterocycles. The van der Waals surface area contributed by atoms with Crippen LogP contribution in [-0.4, -0.2) is 43.8 Å². The number of pyridine rings is 1. The zero-order chi connectivity index (χ0) is 21.2. The van der Waals surface area contributed by atoms with Crippen LogP contribution in [0.3, 0.4) is 0 Å². The molecule has 2 aliphatic heterocycles. The molecule has 3 aromatic rings. The van der Waals surface area contributed by atoms with Crippen LogP contribution in [0.2, 0.25) is 0 Å². The molecule has 1 fully saturated rings. The third kappa shape index (κ3) is 4.18. The molecule has 0 spiro atoms. The van der Waals surface area contributed by atoms with Crippen LogP contribution in [-0.2, 0) is 4.79 Å². The SMILES string of the molecule is CC1CCN(C2=NC(=O)/C(=C/c3cn(-c4ccccc4)nc3-c3ccncc3)S2)CC1. The van der Waals surface area contributed by atoms with Crippen molar-refractivity contribution in [2.24, 2.45) is 10.9 Å². The zero-order valence-corrected chi connectivity index (χ0v) is 18.1. The molecule has 6 nitrogen and oxygen atoms in total. The van der Waals surface area contributed by atoms with Gasteiger partial charge in [0.05, 0.1) is 10.6 Å². The summed E-state index contributed by atoms with van der Waals surface area (Å²) in [6, 6.07) is 13.8.